The summed E-state index contributed by atoms with van der Waals surface area (Å²) in [5.74, 6) is 0. The van der Waals surface area contributed by atoms with Crippen molar-refractivity contribution < 1.29 is 0 Å². The minimum Gasteiger partial charge on any atom is -0.0984 e. The molecule has 0 aromatic heterocycles. The van der Waals surface area contributed by atoms with E-state index in [4.69, 9.17) is 0 Å². The van der Waals surface area contributed by atoms with E-state index in [1.165, 1.54) is 42.6 Å². The number of rotatable bonds is 7. The Hall–Kier alpha value is -0.690. The van der Waals surface area contributed by atoms with Crippen LogP contribution in [0.2, 0.25) is 0 Å². The second-order valence-electron chi connectivity index (χ2n) is 4.15. The fraction of sp³-hybridized carbons (Fsp3) is 0.467. The molecule has 0 amide bonds. The number of hydrogen-bond donors (Lipinski definition) is 0. The molecule has 0 unspecified atom stereocenters. The van der Waals surface area contributed by atoms with E-state index < -0.39 is 0 Å². The van der Waals surface area contributed by atoms with Gasteiger partial charge in [0.05, 0.1) is 0 Å². The van der Waals surface area contributed by atoms with Gasteiger partial charge in [0.15, 0.2) is 0 Å². The Balaban J connectivity index is 2.14. The lowest BCUT2D eigenvalue weighted by Crippen LogP contribution is -1.73. The molecule has 1 heteroatoms. The highest BCUT2D eigenvalue weighted by Crippen LogP contribution is 2.19. The molecule has 0 saturated carbocycles. The largest absolute Gasteiger partial charge is 0.0984 e. The van der Waals surface area contributed by atoms with Crippen LogP contribution in [0.5, 0.6) is 0 Å². The van der Waals surface area contributed by atoms with Crippen molar-refractivity contribution in [2.24, 2.45) is 0 Å². The van der Waals surface area contributed by atoms with Gasteiger partial charge in [0.25, 0.3) is 0 Å². The van der Waals surface area contributed by atoms with Crippen LogP contribution in [0.1, 0.15) is 44.6 Å². The first kappa shape index (κ1) is 13.4. The van der Waals surface area contributed by atoms with E-state index in [0.29, 0.717) is 0 Å². The molecule has 0 spiro atoms. The van der Waals surface area contributed by atoms with Crippen LogP contribution in [-0.4, -0.2) is 0 Å². The predicted octanol–water partition coefficient (Wildman–Crippen LogP) is 5.57. The first-order valence-electron chi connectivity index (χ1n) is 6.21. The van der Waals surface area contributed by atoms with Gasteiger partial charge in [-0.15, -0.1) is 0 Å². The van der Waals surface area contributed by atoms with Gasteiger partial charge in [-0.3, -0.25) is 0 Å². The van der Waals surface area contributed by atoms with Gasteiger partial charge in [0, 0.05) is 4.90 Å². The van der Waals surface area contributed by atoms with E-state index in [1.807, 2.05) is 11.8 Å². The summed E-state index contributed by atoms with van der Waals surface area (Å²) in [7, 11) is 0. The SMILES string of the molecule is CCCCCC/C=C\Sc1ccc(C)cc1. The van der Waals surface area contributed by atoms with Gasteiger partial charge in [-0.25, -0.2) is 0 Å². The van der Waals surface area contributed by atoms with Gasteiger partial charge < -0.3 is 0 Å². The molecule has 0 saturated heterocycles. The van der Waals surface area contributed by atoms with E-state index in [1.54, 1.807) is 0 Å². The van der Waals surface area contributed by atoms with E-state index in [2.05, 4.69) is 49.6 Å². The van der Waals surface area contributed by atoms with Crippen LogP contribution in [0, 0.1) is 6.92 Å². The van der Waals surface area contributed by atoms with Gasteiger partial charge in [-0.1, -0.05) is 61.7 Å². The zero-order chi connectivity index (χ0) is 11.6. The molecule has 0 nitrogen and oxygen atoms in total. The van der Waals surface area contributed by atoms with Crippen LogP contribution in [0.3, 0.4) is 0 Å². The third-order valence-corrected chi connectivity index (χ3v) is 3.42. The molecular formula is C15H22S. The van der Waals surface area contributed by atoms with Crippen LogP contribution >= 0.6 is 11.8 Å². The predicted molar refractivity (Wildman–Crippen MR) is 74.9 cm³/mol. The monoisotopic (exact) mass is 234 g/mol. The highest BCUT2D eigenvalue weighted by Gasteiger charge is 1.89. The van der Waals surface area contributed by atoms with Crippen LogP contribution in [0.4, 0.5) is 0 Å². The minimum absolute atomic E-state index is 1.22. The Kier molecular flexibility index (Phi) is 7.07. The van der Waals surface area contributed by atoms with Crippen molar-refractivity contribution in [3.63, 3.8) is 0 Å². The molecule has 88 valence electrons. The smallest absolute Gasteiger partial charge is 0.0116 e. The first-order chi connectivity index (χ1) is 7.83. The first-order valence-corrected chi connectivity index (χ1v) is 7.09. The Morgan fingerprint density at radius 2 is 1.81 bits per heavy atom. The van der Waals surface area contributed by atoms with Crippen molar-refractivity contribution in [1.29, 1.82) is 0 Å². The van der Waals surface area contributed by atoms with Gasteiger partial charge in [-0.05, 0) is 37.3 Å². The molecule has 1 aromatic carbocycles. The van der Waals surface area contributed by atoms with E-state index in [0.717, 1.165) is 0 Å². The molecule has 1 rings (SSSR count). The molecule has 0 aliphatic carbocycles. The van der Waals surface area contributed by atoms with Crippen molar-refractivity contribution in [3.05, 3.63) is 41.3 Å². The summed E-state index contributed by atoms with van der Waals surface area (Å²) in [4.78, 5) is 1.33. The maximum absolute atomic E-state index is 2.29. The second-order valence-corrected chi connectivity index (χ2v) is 5.13. The number of allylic oxidation sites excluding steroid dienone is 1. The lowest BCUT2D eigenvalue weighted by Gasteiger charge is -1.97. The summed E-state index contributed by atoms with van der Waals surface area (Å²) >= 11 is 1.81. The van der Waals surface area contributed by atoms with Crippen LogP contribution in [0.25, 0.3) is 0 Å². The Morgan fingerprint density at radius 3 is 2.50 bits per heavy atom. The van der Waals surface area contributed by atoms with Crippen LogP contribution in [0.15, 0.2) is 40.6 Å². The molecule has 0 fully saturated rings. The summed E-state index contributed by atoms with van der Waals surface area (Å²) in [5, 5.41) is 2.22. The van der Waals surface area contributed by atoms with Crippen molar-refractivity contribution in [2.45, 2.75) is 50.8 Å². The third-order valence-electron chi connectivity index (χ3n) is 2.55. The maximum Gasteiger partial charge on any atom is 0.0116 e. The van der Waals surface area contributed by atoms with Crippen LogP contribution < -0.4 is 0 Å². The zero-order valence-electron chi connectivity index (χ0n) is 10.4. The Morgan fingerprint density at radius 1 is 1.06 bits per heavy atom. The third kappa shape index (κ3) is 6.02. The average Bonchev–Trinajstić information content (AvgIpc) is 2.30. The average molecular weight is 234 g/mol. The van der Waals surface area contributed by atoms with Gasteiger partial charge in [-0.2, -0.15) is 0 Å². The lowest BCUT2D eigenvalue weighted by molar-refractivity contribution is 0.675. The Labute approximate surface area is 104 Å². The molecule has 16 heavy (non-hydrogen) atoms. The Bertz CT molecular complexity index is 298. The topological polar surface area (TPSA) is 0 Å². The molecule has 0 atom stereocenters. The number of aryl methyl sites for hydroxylation is 1. The highest BCUT2D eigenvalue weighted by atomic mass is 32.2. The minimum atomic E-state index is 1.22. The van der Waals surface area contributed by atoms with Gasteiger partial charge >= 0.3 is 0 Å². The van der Waals surface area contributed by atoms with E-state index in [9.17, 15) is 0 Å². The van der Waals surface area contributed by atoms with Crippen molar-refractivity contribution in [2.75, 3.05) is 0 Å². The number of hydrogen-bond acceptors (Lipinski definition) is 1. The molecular weight excluding hydrogens is 212 g/mol. The van der Waals surface area contributed by atoms with Crippen LogP contribution in [-0.2, 0) is 0 Å². The maximum atomic E-state index is 2.29. The molecule has 0 heterocycles. The van der Waals surface area contributed by atoms with Crippen molar-refractivity contribution in [3.8, 4) is 0 Å². The van der Waals surface area contributed by atoms with Gasteiger partial charge in [0.1, 0.15) is 0 Å². The number of benzene rings is 1. The quantitative estimate of drug-likeness (QED) is 0.439. The zero-order valence-corrected chi connectivity index (χ0v) is 11.2. The van der Waals surface area contributed by atoms with Crippen molar-refractivity contribution >= 4 is 11.8 Å². The molecule has 0 aliphatic heterocycles. The van der Waals surface area contributed by atoms with E-state index in [-0.39, 0.29) is 0 Å². The fourth-order valence-electron chi connectivity index (χ4n) is 1.50. The summed E-state index contributed by atoms with van der Waals surface area (Å²) in [6.45, 7) is 4.38. The summed E-state index contributed by atoms with van der Waals surface area (Å²) in [5.41, 5.74) is 1.33. The summed E-state index contributed by atoms with van der Waals surface area (Å²) < 4.78 is 0. The van der Waals surface area contributed by atoms with Crippen molar-refractivity contribution in [1.82, 2.24) is 0 Å². The van der Waals surface area contributed by atoms with Gasteiger partial charge in [0.2, 0.25) is 0 Å². The molecule has 0 bridgehead atoms. The number of unbranched alkanes of at least 4 members (excludes halogenated alkanes) is 4. The summed E-state index contributed by atoms with van der Waals surface area (Å²) in [6, 6.07) is 8.69. The summed E-state index contributed by atoms with van der Waals surface area (Å²) in [6.07, 6.45) is 8.91. The normalized spacial score (nSPS) is 11.1. The molecule has 0 aliphatic rings. The fourth-order valence-corrected chi connectivity index (χ4v) is 2.18. The van der Waals surface area contributed by atoms with E-state index >= 15 is 0 Å². The lowest BCUT2D eigenvalue weighted by atomic mass is 10.2. The number of thioether (sulfide) groups is 1. The molecule has 1 aromatic rings. The second kappa shape index (κ2) is 8.46. The standard InChI is InChI=1S/C15H22S/c1-3-4-5-6-7-8-13-16-15-11-9-14(2)10-12-15/h8-13H,3-7H2,1-2H3/b13-8-. The highest BCUT2D eigenvalue weighted by molar-refractivity contribution is 8.02. The molecule has 0 N–H and O–H groups in total. The molecule has 0 radical (unpaired) electrons.